The highest BCUT2D eigenvalue weighted by Gasteiger charge is 2.32. The van der Waals surface area contributed by atoms with Crippen LogP contribution in [-0.2, 0) is 14.6 Å². The van der Waals surface area contributed by atoms with Crippen LogP contribution in [0.2, 0.25) is 0 Å². The molecule has 0 saturated carbocycles. The highest BCUT2D eigenvalue weighted by molar-refractivity contribution is 7.91. The summed E-state index contributed by atoms with van der Waals surface area (Å²) in [6.45, 7) is 6.09. The van der Waals surface area contributed by atoms with Gasteiger partial charge in [0, 0.05) is 44.6 Å². The quantitative estimate of drug-likeness (QED) is 0.712. The van der Waals surface area contributed by atoms with Crippen LogP contribution in [0.5, 0.6) is 0 Å². The Kier molecular flexibility index (Phi) is 6.17. The smallest absolute Gasteiger partial charge is 0.224 e. The van der Waals surface area contributed by atoms with E-state index in [9.17, 15) is 8.42 Å². The van der Waals surface area contributed by atoms with Crippen molar-refractivity contribution < 1.29 is 13.2 Å². The van der Waals surface area contributed by atoms with Gasteiger partial charge in [0.05, 0.1) is 11.5 Å². The third-order valence-electron chi connectivity index (χ3n) is 3.93. The van der Waals surface area contributed by atoms with Crippen molar-refractivity contribution in [2.45, 2.75) is 32.7 Å². The Labute approximate surface area is 138 Å². The van der Waals surface area contributed by atoms with Crippen LogP contribution in [0, 0.1) is 6.92 Å². The Morgan fingerprint density at radius 1 is 1.43 bits per heavy atom. The molecule has 1 aromatic rings. The average Bonchev–Trinajstić information content (AvgIpc) is 2.84. The van der Waals surface area contributed by atoms with Gasteiger partial charge in [-0.2, -0.15) is 4.98 Å². The molecule has 0 aromatic carbocycles. The van der Waals surface area contributed by atoms with Gasteiger partial charge in [-0.15, -0.1) is 0 Å². The normalized spacial score (nSPS) is 19.7. The number of hydrogen-bond acceptors (Lipinski definition) is 7. The van der Waals surface area contributed by atoms with E-state index in [0.29, 0.717) is 19.0 Å². The summed E-state index contributed by atoms with van der Waals surface area (Å²) in [7, 11) is -1.24. The molecule has 1 aromatic heterocycles. The Hall–Kier alpha value is -1.41. The van der Waals surface area contributed by atoms with Gasteiger partial charge < -0.3 is 15.0 Å². The molecule has 0 amide bonds. The molecule has 130 valence electrons. The first-order valence-electron chi connectivity index (χ1n) is 8.00. The van der Waals surface area contributed by atoms with E-state index in [1.807, 2.05) is 19.9 Å². The van der Waals surface area contributed by atoms with Crippen LogP contribution in [-0.4, -0.2) is 62.7 Å². The van der Waals surface area contributed by atoms with Crippen LogP contribution < -0.4 is 10.2 Å². The zero-order valence-corrected chi connectivity index (χ0v) is 14.9. The number of nitrogens with zero attached hydrogens (tertiary/aromatic N) is 3. The van der Waals surface area contributed by atoms with Crippen molar-refractivity contribution >= 4 is 21.6 Å². The molecule has 0 spiro atoms. The second-order valence-electron chi connectivity index (χ2n) is 5.81. The summed E-state index contributed by atoms with van der Waals surface area (Å²) in [5.41, 5.74) is 0.864. The Balaban J connectivity index is 2.12. The zero-order valence-electron chi connectivity index (χ0n) is 14.1. The van der Waals surface area contributed by atoms with Gasteiger partial charge in [0.15, 0.2) is 9.84 Å². The van der Waals surface area contributed by atoms with Gasteiger partial charge in [-0.3, -0.25) is 0 Å². The Bertz CT molecular complexity index is 621. The number of aryl methyl sites for hydroxylation is 1. The maximum absolute atomic E-state index is 11.7. The molecule has 23 heavy (non-hydrogen) atoms. The molecule has 1 atom stereocenters. The summed E-state index contributed by atoms with van der Waals surface area (Å²) in [4.78, 5) is 11.0. The van der Waals surface area contributed by atoms with Crippen LogP contribution in [0.15, 0.2) is 6.07 Å². The van der Waals surface area contributed by atoms with Crippen LogP contribution in [0.1, 0.15) is 25.5 Å². The lowest BCUT2D eigenvalue weighted by molar-refractivity contribution is 0.197. The van der Waals surface area contributed by atoms with E-state index < -0.39 is 9.84 Å². The zero-order chi connectivity index (χ0) is 16.9. The standard InChI is InChI=1S/C15H26N4O3S/c1-4-19(13-6-9-23(20,21)11-13)14-10-12(2)17-15(18-14)16-7-5-8-22-3/h10,13H,4-9,11H2,1-3H3,(H,16,17,18). The summed E-state index contributed by atoms with van der Waals surface area (Å²) < 4.78 is 28.5. The summed E-state index contributed by atoms with van der Waals surface area (Å²) in [5, 5.41) is 3.20. The molecule has 2 heterocycles. The lowest BCUT2D eigenvalue weighted by atomic mass is 10.2. The van der Waals surface area contributed by atoms with E-state index in [1.54, 1.807) is 7.11 Å². The predicted molar refractivity (Wildman–Crippen MR) is 91.8 cm³/mol. The number of ether oxygens (including phenoxy) is 1. The van der Waals surface area contributed by atoms with E-state index in [-0.39, 0.29) is 17.5 Å². The van der Waals surface area contributed by atoms with Gasteiger partial charge in [-0.05, 0) is 26.7 Å². The fraction of sp³-hybridized carbons (Fsp3) is 0.733. The van der Waals surface area contributed by atoms with Crippen molar-refractivity contribution in [3.8, 4) is 0 Å². The second-order valence-corrected chi connectivity index (χ2v) is 8.04. The number of anilines is 2. The van der Waals surface area contributed by atoms with Crippen molar-refractivity contribution in [2.75, 3.05) is 48.5 Å². The molecule has 1 N–H and O–H groups in total. The molecule has 1 aliphatic rings. The van der Waals surface area contributed by atoms with Crippen molar-refractivity contribution in [3.05, 3.63) is 11.8 Å². The minimum atomic E-state index is -2.91. The minimum absolute atomic E-state index is 0.000594. The van der Waals surface area contributed by atoms with Crippen molar-refractivity contribution in [2.24, 2.45) is 0 Å². The molecule has 0 bridgehead atoms. The van der Waals surface area contributed by atoms with Crippen molar-refractivity contribution in [1.29, 1.82) is 0 Å². The van der Waals surface area contributed by atoms with Gasteiger partial charge in [0.1, 0.15) is 5.82 Å². The molecule has 7 nitrogen and oxygen atoms in total. The van der Waals surface area contributed by atoms with Gasteiger partial charge in [-0.25, -0.2) is 13.4 Å². The van der Waals surface area contributed by atoms with Gasteiger partial charge >= 0.3 is 0 Å². The molecule has 0 aliphatic carbocycles. The van der Waals surface area contributed by atoms with Gasteiger partial charge in [-0.1, -0.05) is 0 Å². The van der Waals surface area contributed by atoms with E-state index in [1.165, 1.54) is 0 Å². The first-order valence-corrected chi connectivity index (χ1v) is 9.83. The number of hydrogen-bond donors (Lipinski definition) is 1. The lowest BCUT2D eigenvalue weighted by Crippen LogP contribution is -2.37. The number of methoxy groups -OCH3 is 1. The molecule has 2 rings (SSSR count). The minimum Gasteiger partial charge on any atom is -0.385 e. The number of sulfone groups is 1. The molecular formula is C15H26N4O3S. The molecule has 1 unspecified atom stereocenters. The van der Waals surface area contributed by atoms with E-state index in [2.05, 4.69) is 20.2 Å². The molecule has 1 saturated heterocycles. The molecule has 1 fully saturated rings. The van der Waals surface area contributed by atoms with Gasteiger partial charge in [0.2, 0.25) is 5.95 Å². The second kappa shape index (κ2) is 7.92. The topological polar surface area (TPSA) is 84.4 Å². The fourth-order valence-electron chi connectivity index (χ4n) is 2.82. The monoisotopic (exact) mass is 342 g/mol. The van der Waals surface area contributed by atoms with Crippen LogP contribution in [0.3, 0.4) is 0 Å². The maximum Gasteiger partial charge on any atom is 0.224 e. The Morgan fingerprint density at radius 2 is 2.22 bits per heavy atom. The van der Waals surface area contributed by atoms with Gasteiger partial charge in [0.25, 0.3) is 0 Å². The van der Waals surface area contributed by atoms with E-state index >= 15 is 0 Å². The number of rotatable bonds is 8. The third kappa shape index (κ3) is 5.04. The summed E-state index contributed by atoms with van der Waals surface area (Å²) in [6.07, 6.45) is 1.54. The third-order valence-corrected chi connectivity index (χ3v) is 5.68. The number of aromatic nitrogens is 2. The largest absolute Gasteiger partial charge is 0.385 e. The highest BCUT2D eigenvalue weighted by atomic mass is 32.2. The van der Waals surface area contributed by atoms with Crippen LogP contribution >= 0.6 is 0 Å². The summed E-state index contributed by atoms with van der Waals surface area (Å²) >= 11 is 0. The molecule has 0 radical (unpaired) electrons. The number of nitrogens with one attached hydrogen (secondary N) is 1. The van der Waals surface area contributed by atoms with Crippen molar-refractivity contribution in [1.82, 2.24) is 9.97 Å². The summed E-state index contributed by atoms with van der Waals surface area (Å²) in [5.74, 6) is 1.84. The van der Waals surface area contributed by atoms with Crippen LogP contribution in [0.25, 0.3) is 0 Å². The van der Waals surface area contributed by atoms with Crippen molar-refractivity contribution in [3.63, 3.8) is 0 Å². The fourth-order valence-corrected chi connectivity index (χ4v) is 4.55. The SMILES string of the molecule is CCN(c1cc(C)nc(NCCCOC)n1)C1CCS(=O)(=O)C1. The molecule has 8 heteroatoms. The first-order chi connectivity index (χ1) is 10.9. The van der Waals surface area contributed by atoms with Crippen LogP contribution in [0.4, 0.5) is 11.8 Å². The summed E-state index contributed by atoms with van der Waals surface area (Å²) in [6, 6.07) is 1.91. The Morgan fingerprint density at radius 3 is 2.83 bits per heavy atom. The predicted octanol–water partition coefficient (Wildman–Crippen LogP) is 1.25. The lowest BCUT2D eigenvalue weighted by Gasteiger charge is -2.28. The average molecular weight is 342 g/mol. The molecule has 1 aliphatic heterocycles. The van der Waals surface area contributed by atoms with E-state index in [0.717, 1.165) is 31.0 Å². The van der Waals surface area contributed by atoms with E-state index in [4.69, 9.17) is 4.74 Å². The molecular weight excluding hydrogens is 316 g/mol. The first kappa shape index (κ1) is 17.9. The highest BCUT2D eigenvalue weighted by Crippen LogP contribution is 2.24. The maximum atomic E-state index is 11.7.